The van der Waals surface area contributed by atoms with E-state index in [9.17, 15) is 27.6 Å². The molecule has 0 radical (unpaired) electrons. The number of aldehydes is 1. The van der Waals surface area contributed by atoms with Gasteiger partial charge >= 0.3 is 12.1 Å². The normalized spacial score (nSPS) is 23.9. The van der Waals surface area contributed by atoms with Gasteiger partial charge in [-0.3, -0.25) is 19.5 Å². The van der Waals surface area contributed by atoms with Crippen LogP contribution < -0.4 is 5.32 Å². The number of nitrogens with zero attached hydrogens (tertiary/aromatic N) is 3. The van der Waals surface area contributed by atoms with Crippen LogP contribution in [0.25, 0.3) is 0 Å². The van der Waals surface area contributed by atoms with Gasteiger partial charge in [-0.05, 0) is 75.2 Å². The number of rotatable bonds is 12. The summed E-state index contributed by atoms with van der Waals surface area (Å²) in [6, 6.07) is 3.46. The Morgan fingerprint density at radius 1 is 1.17 bits per heavy atom. The molecule has 4 aliphatic rings. The van der Waals surface area contributed by atoms with E-state index in [-0.39, 0.29) is 47.7 Å². The van der Waals surface area contributed by atoms with Gasteiger partial charge in [-0.15, -0.1) is 0 Å². The van der Waals surface area contributed by atoms with Gasteiger partial charge in [-0.2, -0.15) is 13.2 Å². The van der Waals surface area contributed by atoms with Crippen molar-refractivity contribution in [3.8, 4) is 0 Å². The summed E-state index contributed by atoms with van der Waals surface area (Å²) in [6.45, 7) is 4.68. The van der Waals surface area contributed by atoms with Crippen LogP contribution in [0.3, 0.4) is 0 Å². The fourth-order valence-corrected chi connectivity index (χ4v) is 6.28. The van der Waals surface area contributed by atoms with Gasteiger partial charge < -0.3 is 19.7 Å². The first-order valence-electron chi connectivity index (χ1n) is 15.5. The molecule has 246 valence electrons. The van der Waals surface area contributed by atoms with Crippen LogP contribution in [-0.2, 0) is 31.8 Å². The lowest BCUT2D eigenvalue weighted by molar-refractivity contribution is -0.138. The maximum Gasteiger partial charge on any atom is 0.416 e. The Kier molecular flexibility index (Phi) is 10.6. The van der Waals surface area contributed by atoms with Crippen LogP contribution in [0, 0.1) is 5.92 Å². The van der Waals surface area contributed by atoms with Gasteiger partial charge in [0.15, 0.2) is 5.78 Å². The fourth-order valence-electron chi connectivity index (χ4n) is 6.28. The number of benzene rings is 1. The van der Waals surface area contributed by atoms with Gasteiger partial charge in [0.05, 0.1) is 43.0 Å². The zero-order valence-electron chi connectivity index (χ0n) is 26.0. The number of aliphatic imine (C=N–C) groups is 1. The molecule has 5 rings (SSSR count). The highest BCUT2D eigenvalue weighted by atomic mass is 19.4. The number of nitrogens with one attached hydrogen (secondary N) is 1. The van der Waals surface area contributed by atoms with E-state index < -0.39 is 17.5 Å². The molecular formula is C34H39F3N4O5. The molecule has 0 bridgehead atoms. The Morgan fingerprint density at radius 2 is 1.93 bits per heavy atom. The van der Waals surface area contributed by atoms with Crippen molar-refractivity contribution in [3.05, 3.63) is 82.6 Å². The lowest BCUT2D eigenvalue weighted by Crippen LogP contribution is -2.50. The molecule has 2 saturated heterocycles. The number of ketones is 1. The number of esters is 1. The number of halogens is 3. The summed E-state index contributed by atoms with van der Waals surface area (Å²) in [5, 5.41) is 3.20. The standard InChI is InChI=1S/C34H39F3N4O5/c1-22(43)24-6-7-26(28(17-24)34(35,36)37)19-38-29(5-3-4-15-42)23-10-13-40(14-11-23)21-32-39-30-9-8-25(33(44)45-2)18-31(30)41(32)20-27-12-16-46-27/h3-9,15,17-18,23,27,30-31,38H,10-14,16,19-21H2,1-2H3. The highest BCUT2D eigenvalue weighted by Gasteiger charge is 2.39. The van der Waals surface area contributed by atoms with E-state index >= 15 is 0 Å². The third-order valence-electron chi connectivity index (χ3n) is 8.94. The average Bonchev–Trinajstić information content (AvgIpc) is 3.35. The van der Waals surface area contributed by atoms with Gasteiger partial charge in [0.25, 0.3) is 0 Å². The molecular weight excluding hydrogens is 601 g/mol. The van der Waals surface area contributed by atoms with Crippen molar-refractivity contribution < 1.29 is 37.0 Å². The van der Waals surface area contributed by atoms with E-state index in [0.717, 1.165) is 56.6 Å². The lowest BCUT2D eigenvalue weighted by atomic mass is 9.92. The largest absolute Gasteiger partial charge is 0.465 e. The van der Waals surface area contributed by atoms with E-state index in [2.05, 4.69) is 15.1 Å². The monoisotopic (exact) mass is 640 g/mol. The molecule has 2 fully saturated rings. The molecule has 1 aromatic rings. The van der Waals surface area contributed by atoms with Crippen molar-refractivity contribution in [2.75, 3.05) is 39.9 Å². The molecule has 1 aliphatic carbocycles. The van der Waals surface area contributed by atoms with Crippen molar-refractivity contribution in [1.82, 2.24) is 15.1 Å². The third-order valence-corrected chi connectivity index (χ3v) is 8.94. The summed E-state index contributed by atoms with van der Waals surface area (Å²) in [5.74, 6) is 0.164. The average molecular weight is 641 g/mol. The number of carbonyl (C=O) groups is 3. The van der Waals surface area contributed by atoms with Crippen LogP contribution in [0.1, 0.15) is 47.7 Å². The summed E-state index contributed by atoms with van der Waals surface area (Å²) >= 11 is 0. The number of methoxy groups -OCH3 is 1. The molecule has 0 spiro atoms. The number of piperidine rings is 1. The van der Waals surface area contributed by atoms with E-state index in [4.69, 9.17) is 14.5 Å². The summed E-state index contributed by atoms with van der Waals surface area (Å²) in [7, 11) is 1.37. The van der Waals surface area contributed by atoms with Crippen LogP contribution in [0.2, 0.25) is 0 Å². The Hall–Kier alpha value is -4.03. The van der Waals surface area contributed by atoms with Gasteiger partial charge in [0.2, 0.25) is 0 Å². The molecule has 9 nitrogen and oxygen atoms in total. The zero-order valence-corrected chi connectivity index (χ0v) is 26.0. The third kappa shape index (κ3) is 7.84. The Bertz CT molecular complexity index is 1470. The Balaban J connectivity index is 1.25. The number of amidine groups is 1. The van der Waals surface area contributed by atoms with Crippen molar-refractivity contribution in [2.24, 2.45) is 10.9 Å². The predicted octanol–water partition coefficient (Wildman–Crippen LogP) is 4.26. The molecule has 46 heavy (non-hydrogen) atoms. The van der Waals surface area contributed by atoms with Crippen LogP contribution >= 0.6 is 0 Å². The van der Waals surface area contributed by atoms with Gasteiger partial charge in [0, 0.05) is 36.9 Å². The van der Waals surface area contributed by atoms with Crippen LogP contribution in [-0.4, -0.2) is 91.8 Å². The number of ether oxygens (including phenoxy) is 2. The van der Waals surface area contributed by atoms with Crippen molar-refractivity contribution >= 4 is 23.9 Å². The zero-order chi connectivity index (χ0) is 32.8. The fraction of sp³-hybridized carbons (Fsp3) is 0.471. The van der Waals surface area contributed by atoms with Crippen molar-refractivity contribution in [3.63, 3.8) is 0 Å². The molecule has 3 heterocycles. The van der Waals surface area contributed by atoms with Crippen molar-refractivity contribution in [2.45, 2.75) is 57.1 Å². The molecule has 0 aromatic heterocycles. The second kappa shape index (κ2) is 14.6. The first-order chi connectivity index (χ1) is 22.1. The second-order valence-electron chi connectivity index (χ2n) is 11.9. The van der Waals surface area contributed by atoms with Gasteiger partial charge in [-0.1, -0.05) is 24.3 Å². The number of alkyl halides is 3. The minimum absolute atomic E-state index is 0.00831. The minimum atomic E-state index is -4.61. The first kappa shape index (κ1) is 33.3. The highest BCUT2D eigenvalue weighted by molar-refractivity contribution is 5.94. The number of hydrogen-bond donors (Lipinski definition) is 1. The number of allylic oxidation sites excluding steroid dienone is 4. The van der Waals surface area contributed by atoms with Gasteiger partial charge in [0.1, 0.15) is 12.1 Å². The van der Waals surface area contributed by atoms with Crippen LogP contribution in [0.4, 0.5) is 13.2 Å². The summed E-state index contributed by atoms with van der Waals surface area (Å²) < 4.78 is 52.2. The van der Waals surface area contributed by atoms with Gasteiger partial charge in [-0.25, -0.2) is 4.79 Å². The summed E-state index contributed by atoms with van der Waals surface area (Å²) in [6.07, 6.45) is 8.93. The van der Waals surface area contributed by atoms with E-state index in [1.165, 1.54) is 32.2 Å². The van der Waals surface area contributed by atoms with Crippen molar-refractivity contribution in [1.29, 1.82) is 0 Å². The van der Waals surface area contributed by atoms with E-state index in [0.29, 0.717) is 24.9 Å². The quantitative estimate of drug-likeness (QED) is 0.119. The lowest BCUT2D eigenvalue weighted by Gasteiger charge is -2.38. The predicted molar refractivity (Wildman–Crippen MR) is 166 cm³/mol. The minimum Gasteiger partial charge on any atom is -0.465 e. The number of carbonyl (C=O) groups excluding carboxylic acids is 3. The number of fused-ring (bicyclic) bond motifs is 1. The summed E-state index contributed by atoms with van der Waals surface area (Å²) in [5.41, 5.74) is 0.459. The van der Waals surface area contributed by atoms with Crippen LogP contribution in [0.15, 0.2) is 70.9 Å². The second-order valence-corrected chi connectivity index (χ2v) is 11.9. The SMILES string of the molecule is COC(=O)C1=CC2C(C=C1)N=C(CN1CCC(C(=CC=CC=O)NCc3ccc(C(C)=O)cc3C(F)(F)F)CC1)N2CC1CCO1. The molecule has 3 atom stereocenters. The Labute approximate surface area is 266 Å². The molecule has 0 saturated carbocycles. The highest BCUT2D eigenvalue weighted by Crippen LogP contribution is 2.34. The number of likely N-dealkylation sites (tertiary alicyclic amines) is 1. The van der Waals surface area contributed by atoms with Crippen LogP contribution in [0.5, 0.6) is 0 Å². The maximum absolute atomic E-state index is 13.9. The summed E-state index contributed by atoms with van der Waals surface area (Å²) in [4.78, 5) is 44.4. The number of hydrogen-bond acceptors (Lipinski definition) is 9. The maximum atomic E-state index is 13.9. The topological polar surface area (TPSA) is 101 Å². The van der Waals surface area contributed by atoms with E-state index in [1.54, 1.807) is 18.2 Å². The molecule has 3 unspecified atom stereocenters. The first-order valence-corrected chi connectivity index (χ1v) is 15.5. The molecule has 3 aliphatic heterocycles. The molecule has 0 amide bonds. The molecule has 1 aromatic carbocycles. The molecule has 12 heteroatoms. The van der Waals surface area contributed by atoms with E-state index in [1.807, 2.05) is 12.2 Å². The molecule has 1 N–H and O–H groups in total. The smallest absolute Gasteiger partial charge is 0.416 e. The number of Topliss-reactive ketones (excluding diaryl/α,β-unsaturated/α-hetero) is 1. The Morgan fingerprint density at radius 3 is 2.57 bits per heavy atom.